The number of carbonyl (C=O) groups excluding carboxylic acids is 1. The molecule has 3 rings (SSSR count). The van der Waals surface area contributed by atoms with Crippen LogP contribution in [-0.2, 0) is 4.74 Å². The van der Waals surface area contributed by atoms with Crippen LogP contribution in [0.4, 0.5) is 5.88 Å². The Balaban J connectivity index is 1.52. The minimum absolute atomic E-state index is 0.0881. The molecule has 0 N–H and O–H groups in total. The van der Waals surface area contributed by atoms with Crippen molar-refractivity contribution in [3.63, 3.8) is 0 Å². The predicted octanol–water partition coefficient (Wildman–Crippen LogP) is -0.517. The fourth-order valence-corrected chi connectivity index (χ4v) is 2.68. The third-order valence-electron chi connectivity index (χ3n) is 4.01. The molecule has 0 spiro atoms. The van der Waals surface area contributed by atoms with Gasteiger partial charge in [0.1, 0.15) is 0 Å². The molecule has 9 nitrogen and oxygen atoms in total. The van der Waals surface area contributed by atoms with Crippen molar-refractivity contribution in [2.75, 3.05) is 44.3 Å². The summed E-state index contributed by atoms with van der Waals surface area (Å²) in [6.45, 7) is 5.16. The molecular formula is C17H21N5O4. The number of benzene rings is 1. The standard InChI is InChI=1S/C17H21N5O4/c1-2-25-17(24)18-16-13-22(19-26-16)21-10-8-20(9-11-21)12-15(23)14-6-4-3-5-7-14/h3-7,13H,2,8-12H2,1H3. The third kappa shape index (κ3) is 4.57. The van der Waals surface area contributed by atoms with Crippen molar-refractivity contribution in [1.29, 1.82) is 0 Å². The van der Waals surface area contributed by atoms with E-state index in [0.717, 1.165) is 18.7 Å². The van der Waals surface area contributed by atoms with Gasteiger partial charge in [-0.1, -0.05) is 37.3 Å². The highest BCUT2D eigenvalue weighted by molar-refractivity contribution is 5.97. The van der Waals surface area contributed by atoms with Crippen LogP contribution in [0.3, 0.4) is 0 Å². The molecule has 1 aromatic heterocycles. The quantitative estimate of drug-likeness (QED) is 0.296. The lowest BCUT2D eigenvalue weighted by Crippen LogP contribution is -2.65. The summed E-state index contributed by atoms with van der Waals surface area (Å²) in [4.78, 5) is 19.6. The fraction of sp³-hybridized carbons (Fsp3) is 0.412. The molecule has 2 heterocycles. The molecule has 0 unspecified atom stereocenters. The van der Waals surface area contributed by atoms with Gasteiger partial charge in [0.2, 0.25) is 5.27 Å². The van der Waals surface area contributed by atoms with Crippen LogP contribution in [0, 0.1) is 0 Å². The molecule has 0 aliphatic carbocycles. The predicted molar refractivity (Wildman–Crippen MR) is 90.6 cm³/mol. The number of ether oxygens (including phenoxy) is 1. The Hall–Kier alpha value is -2.94. The van der Waals surface area contributed by atoms with Gasteiger partial charge in [0.05, 0.1) is 24.4 Å². The molecule has 0 atom stereocenters. The lowest BCUT2D eigenvalue weighted by atomic mass is 10.1. The van der Waals surface area contributed by atoms with E-state index in [9.17, 15) is 9.90 Å². The Morgan fingerprint density at radius 1 is 1.31 bits per heavy atom. The van der Waals surface area contributed by atoms with Gasteiger partial charge in [-0.15, -0.1) is 0 Å². The Kier molecular flexibility index (Phi) is 5.80. The van der Waals surface area contributed by atoms with Gasteiger partial charge in [0.25, 0.3) is 6.20 Å². The third-order valence-corrected chi connectivity index (χ3v) is 4.01. The molecule has 2 aromatic rings. The second kappa shape index (κ2) is 8.43. The maximum absolute atomic E-state index is 12.3. The smallest absolute Gasteiger partial charge is 0.326 e. The van der Waals surface area contributed by atoms with E-state index in [4.69, 9.17) is 9.26 Å². The monoisotopic (exact) mass is 359 g/mol. The zero-order valence-corrected chi connectivity index (χ0v) is 14.6. The Labute approximate surface area is 151 Å². The molecule has 26 heavy (non-hydrogen) atoms. The van der Waals surface area contributed by atoms with E-state index < -0.39 is 6.08 Å². The van der Waals surface area contributed by atoms with E-state index >= 15 is 0 Å². The maximum Gasteiger partial charge on any atom is 0.326 e. The molecule has 0 amide bonds. The first-order chi connectivity index (χ1) is 12.7. The molecule has 1 saturated heterocycles. The van der Waals surface area contributed by atoms with E-state index in [1.165, 1.54) is 11.0 Å². The van der Waals surface area contributed by atoms with Gasteiger partial charge >= 0.3 is 5.88 Å². The summed E-state index contributed by atoms with van der Waals surface area (Å²) >= 11 is 0. The Morgan fingerprint density at radius 3 is 2.73 bits per heavy atom. The van der Waals surface area contributed by atoms with Crippen molar-refractivity contribution in [1.82, 2.24) is 10.2 Å². The van der Waals surface area contributed by atoms with Gasteiger partial charge in [-0.25, -0.2) is 0 Å². The Morgan fingerprint density at radius 2 is 2.04 bits per heavy atom. The molecule has 9 heteroatoms. The van der Waals surface area contributed by atoms with Gasteiger partial charge in [0, 0.05) is 18.7 Å². The summed E-state index contributed by atoms with van der Waals surface area (Å²) in [6.07, 6.45) is 0.821. The number of hydrogen-bond acceptors (Lipinski definition) is 8. The average Bonchev–Trinajstić information content (AvgIpc) is 3.11. The molecule has 0 bridgehead atoms. The molecule has 0 radical (unpaired) electrons. The zero-order chi connectivity index (χ0) is 18.4. The van der Waals surface area contributed by atoms with E-state index in [-0.39, 0.29) is 18.3 Å². The SMILES string of the molecule is CCOC([O-])=Nc1c[n+](N2CCN(CC(=O)c3ccccc3)CC2)no1. The van der Waals surface area contributed by atoms with Gasteiger partial charge < -0.3 is 9.84 Å². The highest BCUT2D eigenvalue weighted by Gasteiger charge is 2.26. The van der Waals surface area contributed by atoms with Crippen LogP contribution in [0.5, 0.6) is 0 Å². The topological polar surface area (TPSA) is 98.1 Å². The zero-order valence-electron chi connectivity index (χ0n) is 14.6. The maximum atomic E-state index is 12.3. The van der Waals surface area contributed by atoms with Crippen LogP contribution in [0.2, 0.25) is 0 Å². The van der Waals surface area contributed by atoms with Gasteiger partial charge in [-0.05, 0) is 6.61 Å². The number of Topliss-reactive ketones (excluding diaryl/α,β-unsaturated/α-hetero) is 1. The number of aromatic nitrogens is 2. The number of aliphatic imine (C=N–C) groups is 1. The largest absolute Gasteiger partial charge is 0.600 e. The van der Waals surface area contributed by atoms with Gasteiger partial charge in [-0.2, -0.15) is 10.0 Å². The Bertz CT molecular complexity index is 754. The van der Waals surface area contributed by atoms with Crippen LogP contribution >= 0.6 is 0 Å². The van der Waals surface area contributed by atoms with Crippen LogP contribution < -0.4 is 14.9 Å². The number of ketones is 1. The van der Waals surface area contributed by atoms with Crippen LogP contribution in [0.15, 0.2) is 46.0 Å². The lowest BCUT2D eigenvalue weighted by molar-refractivity contribution is -0.759. The minimum atomic E-state index is -0.708. The molecule has 1 aromatic carbocycles. The van der Waals surface area contributed by atoms with E-state index in [0.29, 0.717) is 19.6 Å². The van der Waals surface area contributed by atoms with E-state index in [1.807, 2.05) is 35.3 Å². The van der Waals surface area contributed by atoms with Crippen molar-refractivity contribution in [2.45, 2.75) is 6.92 Å². The summed E-state index contributed by atoms with van der Waals surface area (Å²) in [5.41, 5.74) is 0.728. The second-order valence-electron chi connectivity index (χ2n) is 5.79. The first kappa shape index (κ1) is 17.9. The normalized spacial score (nSPS) is 15.9. The average molecular weight is 359 g/mol. The fourth-order valence-electron chi connectivity index (χ4n) is 2.68. The highest BCUT2D eigenvalue weighted by atomic mass is 16.6. The number of carbonyl (C=O) groups is 1. The molecule has 1 aliphatic heterocycles. The number of hydrogen-bond donors (Lipinski definition) is 0. The molecule has 1 aliphatic rings. The van der Waals surface area contributed by atoms with Crippen LogP contribution in [-0.4, -0.2) is 61.4 Å². The molecule has 0 saturated carbocycles. The lowest BCUT2D eigenvalue weighted by Gasteiger charge is -2.29. The molecular weight excluding hydrogens is 338 g/mol. The van der Waals surface area contributed by atoms with E-state index in [1.54, 1.807) is 6.92 Å². The first-order valence-corrected chi connectivity index (χ1v) is 8.48. The van der Waals surface area contributed by atoms with Crippen LogP contribution in [0.25, 0.3) is 0 Å². The van der Waals surface area contributed by atoms with E-state index in [2.05, 4.69) is 15.2 Å². The summed E-state index contributed by atoms with van der Waals surface area (Å²) < 4.78 is 9.75. The van der Waals surface area contributed by atoms with Crippen molar-refractivity contribution in [2.24, 2.45) is 4.99 Å². The summed E-state index contributed by atoms with van der Waals surface area (Å²) in [5, 5.41) is 17.1. The summed E-state index contributed by atoms with van der Waals surface area (Å²) in [6, 6.07) is 9.29. The molecule has 138 valence electrons. The van der Waals surface area contributed by atoms with Crippen molar-refractivity contribution in [3.05, 3.63) is 42.1 Å². The van der Waals surface area contributed by atoms with Crippen molar-refractivity contribution < 1.29 is 24.0 Å². The minimum Gasteiger partial charge on any atom is -0.600 e. The summed E-state index contributed by atoms with van der Waals surface area (Å²) in [7, 11) is 0. The highest BCUT2D eigenvalue weighted by Crippen LogP contribution is 2.07. The molecule has 1 fully saturated rings. The second-order valence-corrected chi connectivity index (χ2v) is 5.79. The number of piperazine rings is 1. The summed E-state index contributed by atoms with van der Waals surface area (Å²) in [5.74, 6) is 0.203. The van der Waals surface area contributed by atoms with Gasteiger partial charge in [0.15, 0.2) is 11.9 Å². The number of rotatable bonds is 6. The first-order valence-electron chi connectivity index (χ1n) is 8.48. The number of nitrogens with zero attached hydrogens (tertiary/aromatic N) is 5. The van der Waals surface area contributed by atoms with Crippen molar-refractivity contribution in [3.8, 4) is 0 Å². The van der Waals surface area contributed by atoms with Crippen molar-refractivity contribution >= 4 is 17.8 Å². The van der Waals surface area contributed by atoms with Crippen LogP contribution in [0.1, 0.15) is 17.3 Å². The van der Waals surface area contributed by atoms with Gasteiger partial charge in [-0.3, -0.25) is 14.2 Å².